The minimum absolute atomic E-state index is 0.113. The Morgan fingerprint density at radius 3 is 2.27 bits per heavy atom. The smallest absolute Gasteiger partial charge is 0.335 e. The zero-order valence-corrected chi connectivity index (χ0v) is 17.1. The lowest BCUT2D eigenvalue weighted by atomic mass is 10.2. The van der Waals surface area contributed by atoms with Gasteiger partial charge in [-0.25, -0.2) is 9.36 Å². The lowest BCUT2D eigenvalue weighted by molar-refractivity contribution is 0.414. The molecule has 8 heteroatoms. The van der Waals surface area contributed by atoms with E-state index >= 15 is 0 Å². The molecule has 3 rings (SSSR count). The fraction of sp³-hybridized carbons (Fsp3) is 0.227. The van der Waals surface area contributed by atoms with Crippen molar-refractivity contribution in [3.8, 4) is 17.3 Å². The number of aromatic nitrogens is 2. The quantitative estimate of drug-likeness (QED) is 0.586. The van der Waals surface area contributed by atoms with Gasteiger partial charge in [0, 0.05) is 25.0 Å². The third kappa shape index (κ3) is 4.27. The molecule has 0 aliphatic rings. The van der Waals surface area contributed by atoms with Crippen molar-refractivity contribution in [2.24, 2.45) is 4.99 Å². The number of aromatic hydroxyl groups is 1. The largest absolute Gasteiger partial charge is 0.497 e. The van der Waals surface area contributed by atoms with Crippen LogP contribution in [0.2, 0.25) is 0 Å². The summed E-state index contributed by atoms with van der Waals surface area (Å²) < 4.78 is 6.11. The molecule has 3 aromatic rings. The number of nitrogens with one attached hydrogen (secondary N) is 1. The minimum atomic E-state index is -0.747. The van der Waals surface area contributed by atoms with Gasteiger partial charge in [0.25, 0.3) is 5.56 Å². The Bertz CT molecular complexity index is 1140. The van der Waals surface area contributed by atoms with Gasteiger partial charge in [-0.3, -0.25) is 14.8 Å². The van der Waals surface area contributed by atoms with Gasteiger partial charge in [0.15, 0.2) is 0 Å². The predicted molar refractivity (Wildman–Crippen MR) is 118 cm³/mol. The number of aliphatic imine (C=N–C) groups is 1. The molecule has 1 aromatic heterocycles. The molecular weight excluding hydrogens is 384 g/mol. The van der Waals surface area contributed by atoms with Gasteiger partial charge in [0.2, 0.25) is 5.88 Å². The number of hydrogen-bond donors (Lipinski definition) is 2. The second-order valence-corrected chi connectivity index (χ2v) is 6.48. The molecule has 0 unspecified atom stereocenters. The van der Waals surface area contributed by atoms with Crippen molar-refractivity contribution in [3.63, 3.8) is 0 Å². The summed E-state index contributed by atoms with van der Waals surface area (Å²) in [5.41, 5.74) is 0.500. The third-order valence-corrected chi connectivity index (χ3v) is 4.77. The first kappa shape index (κ1) is 20.9. The standard InChI is InChI=1S/C22H24N4O4/c1-4-25(5-2)16-8-6-15(7-9-16)23-14-19-20(27)24-22(29)26(21(19)28)17-10-12-18(30-3)13-11-17/h6-14,28H,4-5H2,1-3H3,(H,24,27,29). The van der Waals surface area contributed by atoms with Crippen LogP contribution < -0.4 is 20.9 Å². The lowest BCUT2D eigenvalue weighted by Crippen LogP contribution is -2.31. The van der Waals surface area contributed by atoms with Crippen molar-refractivity contribution in [2.75, 3.05) is 25.1 Å². The second kappa shape index (κ2) is 9.13. The fourth-order valence-electron chi connectivity index (χ4n) is 3.10. The summed E-state index contributed by atoms with van der Waals surface area (Å²) >= 11 is 0. The molecule has 0 saturated carbocycles. The first-order valence-corrected chi connectivity index (χ1v) is 9.60. The molecule has 0 saturated heterocycles. The van der Waals surface area contributed by atoms with Crippen molar-refractivity contribution in [3.05, 3.63) is 74.9 Å². The van der Waals surface area contributed by atoms with Crippen molar-refractivity contribution >= 4 is 17.6 Å². The first-order valence-electron chi connectivity index (χ1n) is 9.60. The van der Waals surface area contributed by atoms with Crippen LogP contribution in [0.3, 0.4) is 0 Å². The third-order valence-electron chi connectivity index (χ3n) is 4.77. The molecule has 0 radical (unpaired) electrons. The molecule has 0 fully saturated rings. The summed E-state index contributed by atoms with van der Waals surface area (Å²) in [7, 11) is 1.53. The number of methoxy groups -OCH3 is 1. The Morgan fingerprint density at radius 1 is 1.07 bits per heavy atom. The molecule has 0 amide bonds. The Hall–Kier alpha value is -3.81. The lowest BCUT2D eigenvalue weighted by Gasteiger charge is -2.20. The minimum Gasteiger partial charge on any atom is -0.497 e. The maximum atomic E-state index is 12.3. The van der Waals surface area contributed by atoms with E-state index in [1.54, 1.807) is 24.3 Å². The van der Waals surface area contributed by atoms with Gasteiger partial charge in [0.05, 0.1) is 18.5 Å². The topological polar surface area (TPSA) is 99.9 Å². The van der Waals surface area contributed by atoms with Crippen molar-refractivity contribution < 1.29 is 9.84 Å². The number of nitrogens with zero attached hydrogens (tertiary/aromatic N) is 3. The zero-order chi connectivity index (χ0) is 21.7. The molecule has 0 bridgehead atoms. The van der Waals surface area contributed by atoms with E-state index in [4.69, 9.17) is 4.74 Å². The predicted octanol–water partition coefficient (Wildman–Crippen LogP) is 2.84. The number of ether oxygens (including phenoxy) is 1. The molecule has 0 aliphatic carbocycles. The highest BCUT2D eigenvalue weighted by Crippen LogP contribution is 2.21. The number of aromatic amines is 1. The summed E-state index contributed by atoms with van der Waals surface area (Å²) in [5, 5.41) is 10.6. The van der Waals surface area contributed by atoms with E-state index in [1.807, 2.05) is 24.3 Å². The molecule has 30 heavy (non-hydrogen) atoms. The zero-order valence-electron chi connectivity index (χ0n) is 17.1. The van der Waals surface area contributed by atoms with Crippen molar-refractivity contribution in [1.82, 2.24) is 9.55 Å². The van der Waals surface area contributed by atoms with Gasteiger partial charge >= 0.3 is 5.69 Å². The van der Waals surface area contributed by atoms with Gasteiger partial charge in [-0.1, -0.05) is 0 Å². The second-order valence-electron chi connectivity index (χ2n) is 6.48. The Morgan fingerprint density at radius 2 is 1.70 bits per heavy atom. The number of hydrogen-bond acceptors (Lipinski definition) is 6. The molecule has 2 N–H and O–H groups in total. The van der Waals surface area contributed by atoms with Gasteiger partial charge in [-0.15, -0.1) is 0 Å². The van der Waals surface area contributed by atoms with E-state index in [2.05, 4.69) is 28.7 Å². The van der Waals surface area contributed by atoms with Crippen LogP contribution in [0.1, 0.15) is 19.4 Å². The number of rotatable bonds is 7. The highest BCUT2D eigenvalue weighted by Gasteiger charge is 2.14. The van der Waals surface area contributed by atoms with E-state index in [-0.39, 0.29) is 5.56 Å². The summed E-state index contributed by atoms with van der Waals surface area (Å²) in [6, 6.07) is 14.1. The summed E-state index contributed by atoms with van der Waals surface area (Å²) in [6.45, 7) is 5.97. The van der Waals surface area contributed by atoms with Gasteiger partial charge in [-0.2, -0.15) is 0 Å². The molecule has 156 valence electrons. The van der Waals surface area contributed by atoms with Gasteiger partial charge < -0.3 is 14.7 Å². The average molecular weight is 408 g/mol. The van der Waals surface area contributed by atoms with Crippen molar-refractivity contribution in [1.29, 1.82) is 0 Å². The number of anilines is 1. The summed E-state index contributed by atoms with van der Waals surface area (Å²) in [6.07, 6.45) is 1.25. The normalized spacial score (nSPS) is 11.0. The average Bonchev–Trinajstić information content (AvgIpc) is 2.75. The number of benzene rings is 2. The van der Waals surface area contributed by atoms with Crippen LogP contribution in [0, 0.1) is 0 Å². The van der Waals surface area contributed by atoms with E-state index in [0.717, 1.165) is 23.3 Å². The Balaban J connectivity index is 1.96. The summed E-state index contributed by atoms with van der Waals surface area (Å²) in [5.74, 6) is 0.114. The van der Waals surface area contributed by atoms with E-state index in [9.17, 15) is 14.7 Å². The van der Waals surface area contributed by atoms with Crippen molar-refractivity contribution in [2.45, 2.75) is 13.8 Å². The summed E-state index contributed by atoms with van der Waals surface area (Å²) in [4.78, 5) is 33.2. The molecular formula is C22H24N4O4. The molecule has 0 spiro atoms. The van der Waals surface area contributed by atoms with Crippen LogP contribution in [-0.2, 0) is 0 Å². The van der Waals surface area contributed by atoms with Crippen LogP contribution in [-0.4, -0.2) is 41.1 Å². The number of H-pyrrole nitrogens is 1. The SMILES string of the molecule is CCN(CC)c1ccc(N=Cc2c(O)n(-c3ccc(OC)cc3)c(=O)[nH]c2=O)cc1. The maximum Gasteiger partial charge on any atom is 0.335 e. The molecule has 8 nitrogen and oxygen atoms in total. The van der Waals surface area contributed by atoms with Crippen LogP contribution in [0.4, 0.5) is 11.4 Å². The maximum absolute atomic E-state index is 12.3. The Labute approximate surface area is 173 Å². The van der Waals surface area contributed by atoms with Gasteiger partial charge in [-0.05, 0) is 62.4 Å². The first-order chi connectivity index (χ1) is 14.5. The van der Waals surface area contributed by atoms with Crippen LogP contribution in [0.25, 0.3) is 5.69 Å². The van der Waals surface area contributed by atoms with E-state index < -0.39 is 17.1 Å². The van der Waals surface area contributed by atoms with E-state index in [0.29, 0.717) is 17.1 Å². The molecule has 0 aliphatic heterocycles. The monoisotopic (exact) mass is 408 g/mol. The van der Waals surface area contributed by atoms with Crippen LogP contribution in [0.5, 0.6) is 11.6 Å². The highest BCUT2D eigenvalue weighted by molar-refractivity contribution is 5.84. The van der Waals surface area contributed by atoms with E-state index in [1.165, 1.54) is 13.3 Å². The molecule has 1 heterocycles. The van der Waals surface area contributed by atoms with Crippen LogP contribution >= 0.6 is 0 Å². The Kier molecular flexibility index (Phi) is 6.36. The van der Waals surface area contributed by atoms with Gasteiger partial charge in [0.1, 0.15) is 11.3 Å². The molecule has 0 atom stereocenters. The van der Waals surface area contributed by atoms with Crippen LogP contribution in [0.15, 0.2) is 63.1 Å². The molecule has 2 aromatic carbocycles. The highest BCUT2D eigenvalue weighted by atomic mass is 16.5. The fourth-order valence-corrected chi connectivity index (χ4v) is 3.10.